The van der Waals surface area contributed by atoms with Crippen LogP contribution in [-0.4, -0.2) is 0 Å². The number of hydrogen-bond acceptors (Lipinski definition) is 4. The first kappa shape index (κ1) is 17.2. The number of para-hydroxylation sites is 1. The van der Waals surface area contributed by atoms with E-state index in [-0.39, 0.29) is 5.57 Å². The van der Waals surface area contributed by atoms with Crippen LogP contribution in [-0.2, 0) is 5.75 Å². The molecule has 114 valence electrons. The fraction of sp³-hybridized carbons (Fsp3) is 0.0588. The molecule has 0 aliphatic carbocycles. The number of allylic oxidation sites excluding steroid dienone is 1. The second-order valence-electron chi connectivity index (χ2n) is 4.41. The zero-order valence-electron chi connectivity index (χ0n) is 11.9. The summed E-state index contributed by atoms with van der Waals surface area (Å²) in [5.74, 6) is 0.445. The molecule has 2 rings (SSSR count). The van der Waals surface area contributed by atoms with Crippen LogP contribution in [0.5, 0.6) is 0 Å². The van der Waals surface area contributed by atoms with E-state index in [9.17, 15) is 0 Å². The van der Waals surface area contributed by atoms with Crippen molar-refractivity contribution >= 4 is 40.7 Å². The molecule has 2 aromatic rings. The average Bonchev–Trinajstić information content (AvgIpc) is 2.56. The van der Waals surface area contributed by atoms with Crippen LogP contribution < -0.4 is 5.32 Å². The van der Waals surface area contributed by atoms with Gasteiger partial charge in [0.05, 0.1) is 0 Å². The Kier molecular flexibility index (Phi) is 6.38. The normalized spacial score (nSPS) is 9.57. The van der Waals surface area contributed by atoms with E-state index < -0.39 is 0 Å². The molecule has 0 aliphatic rings. The number of nitrogens with one attached hydrogen (secondary N) is 1. The Labute approximate surface area is 149 Å². The third kappa shape index (κ3) is 4.68. The van der Waals surface area contributed by atoms with Gasteiger partial charge in [0.2, 0.25) is 0 Å². The van der Waals surface area contributed by atoms with Crippen LogP contribution in [0.3, 0.4) is 0 Å². The highest BCUT2D eigenvalue weighted by Gasteiger charge is 2.11. The van der Waals surface area contributed by atoms with Crippen LogP contribution in [0.15, 0.2) is 59.1 Å². The van der Waals surface area contributed by atoms with Gasteiger partial charge in [0, 0.05) is 21.5 Å². The molecule has 0 bridgehead atoms. The largest absolute Gasteiger partial charge is 0.349 e. The van der Waals surface area contributed by atoms with Gasteiger partial charge in [0.25, 0.3) is 0 Å². The monoisotopic (exact) mass is 359 g/mol. The molecule has 0 fully saturated rings. The maximum Gasteiger partial charge on any atom is 0.159 e. The zero-order valence-corrected chi connectivity index (χ0v) is 14.2. The fourth-order valence-electron chi connectivity index (χ4n) is 1.76. The third-order valence-electron chi connectivity index (χ3n) is 2.90. The predicted octanol–water partition coefficient (Wildman–Crippen LogP) is 5.60. The zero-order chi connectivity index (χ0) is 16.7. The topological polar surface area (TPSA) is 59.6 Å². The Hall–Kier alpha value is -2.11. The van der Waals surface area contributed by atoms with E-state index in [4.69, 9.17) is 33.7 Å². The molecule has 0 aliphatic heterocycles. The van der Waals surface area contributed by atoms with Crippen molar-refractivity contribution < 1.29 is 0 Å². The van der Waals surface area contributed by atoms with Gasteiger partial charge in [-0.3, -0.25) is 0 Å². The second kappa shape index (κ2) is 8.50. The summed E-state index contributed by atoms with van der Waals surface area (Å²) >= 11 is 13.6. The van der Waals surface area contributed by atoms with Crippen molar-refractivity contribution in [2.24, 2.45) is 0 Å². The average molecular weight is 360 g/mol. The van der Waals surface area contributed by atoms with Crippen molar-refractivity contribution in [3.8, 4) is 12.1 Å². The Morgan fingerprint density at radius 1 is 0.957 bits per heavy atom. The number of rotatable bonds is 5. The lowest BCUT2D eigenvalue weighted by atomic mass is 10.2. The Bertz CT molecular complexity index is 769. The SMILES string of the molecule is N#CC(C#N)=C(Nc1ccccc1)SCc1c(Cl)cccc1Cl. The third-order valence-corrected chi connectivity index (χ3v) is 4.64. The molecule has 0 atom stereocenters. The van der Waals surface area contributed by atoms with Crippen LogP contribution in [0.2, 0.25) is 10.0 Å². The van der Waals surface area contributed by atoms with Crippen LogP contribution in [0.1, 0.15) is 5.56 Å². The quantitative estimate of drug-likeness (QED) is 0.706. The molecule has 0 unspecified atom stereocenters. The fourth-order valence-corrected chi connectivity index (χ4v) is 3.48. The standard InChI is InChI=1S/C17H11Cl2N3S/c18-15-7-4-8-16(19)14(15)11-23-17(12(9-20)10-21)22-13-5-2-1-3-6-13/h1-8,22H,11H2. The minimum Gasteiger partial charge on any atom is -0.349 e. The molecule has 0 aromatic heterocycles. The van der Waals surface area contributed by atoms with Crippen molar-refractivity contribution in [1.82, 2.24) is 0 Å². The van der Waals surface area contributed by atoms with Gasteiger partial charge in [0.15, 0.2) is 5.57 Å². The summed E-state index contributed by atoms with van der Waals surface area (Å²) in [6, 6.07) is 18.4. The van der Waals surface area contributed by atoms with Crippen LogP contribution in [0, 0.1) is 22.7 Å². The van der Waals surface area contributed by atoms with E-state index in [2.05, 4.69) is 5.32 Å². The Morgan fingerprint density at radius 3 is 2.13 bits per heavy atom. The van der Waals surface area contributed by atoms with Gasteiger partial charge in [-0.15, -0.1) is 11.8 Å². The molecule has 0 heterocycles. The number of hydrogen-bond donors (Lipinski definition) is 1. The van der Waals surface area contributed by atoms with Crippen molar-refractivity contribution in [3.63, 3.8) is 0 Å². The van der Waals surface area contributed by atoms with Gasteiger partial charge >= 0.3 is 0 Å². The molecule has 6 heteroatoms. The molecule has 0 saturated carbocycles. The molecule has 23 heavy (non-hydrogen) atoms. The summed E-state index contributed by atoms with van der Waals surface area (Å²) in [6.45, 7) is 0. The summed E-state index contributed by atoms with van der Waals surface area (Å²) < 4.78 is 0. The summed E-state index contributed by atoms with van der Waals surface area (Å²) in [4.78, 5) is 0. The summed E-state index contributed by atoms with van der Waals surface area (Å²) in [5, 5.41) is 23.0. The van der Waals surface area contributed by atoms with Gasteiger partial charge in [-0.25, -0.2) is 0 Å². The number of anilines is 1. The van der Waals surface area contributed by atoms with Crippen LogP contribution in [0.25, 0.3) is 0 Å². The first-order chi connectivity index (χ1) is 11.2. The number of nitriles is 2. The maximum atomic E-state index is 9.15. The lowest BCUT2D eigenvalue weighted by molar-refractivity contribution is 1.40. The lowest BCUT2D eigenvalue weighted by Gasteiger charge is -2.12. The van der Waals surface area contributed by atoms with E-state index in [0.29, 0.717) is 20.8 Å². The van der Waals surface area contributed by atoms with Crippen molar-refractivity contribution in [3.05, 3.63) is 74.7 Å². The van der Waals surface area contributed by atoms with Crippen LogP contribution in [0.4, 0.5) is 5.69 Å². The molecular formula is C17H11Cl2N3S. The van der Waals surface area contributed by atoms with E-state index >= 15 is 0 Å². The first-order valence-electron chi connectivity index (χ1n) is 6.58. The summed E-state index contributed by atoms with van der Waals surface area (Å²) in [7, 11) is 0. The molecule has 2 aromatic carbocycles. The molecule has 0 spiro atoms. The maximum absolute atomic E-state index is 9.15. The summed E-state index contributed by atoms with van der Waals surface area (Å²) in [6.07, 6.45) is 0. The van der Waals surface area contributed by atoms with Crippen molar-refractivity contribution in [1.29, 1.82) is 10.5 Å². The van der Waals surface area contributed by atoms with Gasteiger partial charge < -0.3 is 5.32 Å². The summed E-state index contributed by atoms with van der Waals surface area (Å²) in [5.41, 5.74) is 1.58. The van der Waals surface area contributed by atoms with Gasteiger partial charge in [0.1, 0.15) is 17.2 Å². The van der Waals surface area contributed by atoms with Gasteiger partial charge in [-0.2, -0.15) is 10.5 Å². The molecule has 0 amide bonds. The number of halogens is 2. The van der Waals surface area contributed by atoms with Gasteiger partial charge in [-0.05, 0) is 29.8 Å². The number of nitrogens with zero attached hydrogens (tertiary/aromatic N) is 2. The van der Waals surface area contributed by atoms with Gasteiger partial charge in [-0.1, -0.05) is 47.5 Å². The Morgan fingerprint density at radius 2 is 1.57 bits per heavy atom. The molecule has 0 saturated heterocycles. The predicted molar refractivity (Wildman–Crippen MR) is 96.1 cm³/mol. The second-order valence-corrected chi connectivity index (χ2v) is 6.21. The minimum atomic E-state index is 0.0158. The number of benzene rings is 2. The van der Waals surface area contributed by atoms with E-state index in [1.165, 1.54) is 11.8 Å². The van der Waals surface area contributed by atoms with Crippen molar-refractivity contribution in [2.75, 3.05) is 5.32 Å². The van der Waals surface area contributed by atoms with E-state index in [1.807, 2.05) is 42.5 Å². The van der Waals surface area contributed by atoms with E-state index in [0.717, 1.165) is 11.3 Å². The smallest absolute Gasteiger partial charge is 0.159 e. The van der Waals surface area contributed by atoms with Crippen LogP contribution >= 0.6 is 35.0 Å². The molecule has 1 N–H and O–H groups in total. The molecule has 0 radical (unpaired) electrons. The Balaban J connectivity index is 2.25. The highest BCUT2D eigenvalue weighted by molar-refractivity contribution is 8.02. The van der Waals surface area contributed by atoms with E-state index in [1.54, 1.807) is 18.2 Å². The lowest BCUT2D eigenvalue weighted by Crippen LogP contribution is -2.00. The highest BCUT2D eigenvalue weighted by atomic mass is 35.5. The molecular weight excluding hydrogens is 349 g/mol. The first-order valence-corrected chi connectivity index (χ1v) is 8.32. The minimum absolute atomic E-state index is 0.0158. The van der Waals surface area contributed by atoms with Crippen molar-refractivity contribution in [2.45, 2.75) is 5.75 Å². The molecule has 3 nitrogen and oxygen atoms in total. The number of thioether (sulfide) groups is 1. The highest BCUT2D eigenvalue weighted by Crippen LogP contribution is 2.32.